The Kier molecular flexibility index (Phi) is 3.07. The van der Waals surface area contributed by atoms with Crippen LogP contribution in [-0.2, 0) is 0 Å². The fourth-order valence-electron chi connectivity index (χ4n) is 1.40. The molecule has 0 aliphatic heterocycles. The molecule has 0 saturated carbocycles. The summed E-state index contributed by atoms with van der Waals surface area (Å²) < 4.78 is 52.0. The zero-order valence-electron chi connectivity index (χ0n) is 8.28. The molecule has 0 radical (unpaired) electrons. The molecule has 0 nitrogen and oxygen atoms in total. The van der Waals surface area contributed by atoms with Crippen molar-refractivity contribution in [3.05, 3.63) is 58.6 Å². The van der Waals surface area contributed by atoms with E-state index in [2.05, 4.69) is 0 Å². The number of benzene rings is 2. The molecule has 2 aromatic rings. The first-order chi connectivity index (χ1) is 7.99. The molecule has 2 rings (SSSR count). The molecule has 2 aromatic carbocycles. The molecule has 0 N–H and O–H groups in total. The van der Waals surface area contributed by atoms with Gasteiger partial charge < -0.3 is 0 Å². The van der Waals surface area contributed by atoms with Gasteiger partial charge in [-0.25, -0.2) is 17.6 Å². The minimum Gasteiger partial charge on any atom is -0.205 e. The SMILES string of the molecule is Fc1ccc(-c2cc(F)c(Cl)c(F)c2)cc1F. The third kappa shape index (κ3) is 2.26. The third-order valence-electron chi connectivity index (χ3n) is 2.24. The minimum atomic E-state index is -1.08. The number of halogens is 5. The van der Waals surface area contributed by atoms with Crippen LogP contribution in [0.25, 0.3) is 11.1 Å². The van der Waals surface area contributed by atoms with Crippen molar-refractivity contribution in [2.24, 2.45) is 0 Å². The Labute approximate surface area is 99.5 Å². The van der Waals surface area contributed by atoms with E-state index >= 15 is 0 Å². The summed E-state index contributed by atoms with van der Waals surface area (Å²) in [6, 6.07) is 4.88. The van der Waals surface area contributed by atoms with Crippen LogP contribution in [0.15, 0.2) is 30.3 Å². The Hall–Kier alpha value is -1.55. The van der Waals surface area contributed by atoms with Gasteiger partial charge in [-0.3, -0.25) is 0 Å². The molecule has 0 aliphatic carbocycles. The van der Waals surface area contributed by atoms with Crippen molar-refractivity contribution in [2.75, 3.05) is 0 Å². The summed E-state index contributed by atoms with van der Waals surface area (Å²) in [4.78, 5) is 0. The van der Waals surface area contributed by atoms with Gasteiger partial charge in [0.25, 0.3) is 0 Å². The van der Waals surface area contributed by atoms with Gasteiger partial charge in [0.15, 0.2) is 11.6 Å². The Balaban J connectivity index is 2.57. The molecule has 0 heterocycles. The zero-order valence-corrected chi connectivity index (χ0v) is 9.03. The van der Waals surface area contributed by atoms with Crippen LogP contribution in [-0.4, -0.2) is 0 Å². The summed E-state index contributed by atoms with van der Waals surface area (Å²) >= 11 is 5.31. The predicted molar refractivity (Wildman–Crippen MR) is 56.7 cm³/mol. The maximum atomic E-state index is 13.2. The quantitative estimate of drug-likeness (QED) is 0.521. The first kappa shape index (κ1) is 11.9. The van der Waals surface area contributed by atoms with Crippen LogP contribution in [0.1, 0.15) is 0 Å². The Morgan fingerprint density at radius 2 is 1.18 bits per heavy atom. The molecule has 88 valence electrons. The maximum Gasteiger partial charge on any atom is 0.159 e. The van der Waals surface area contributed by atoms with Crippen LogP contribution in [0.5, 0.6) is 0 Å². The highest BCUT2D eigenvalue weighted by atomic mass is 35.5. The highest BCUT2D eigenvalue weighted by molar-refractivity contribution is 6.31. The van der Waals surface area contributed by atoms with E-state index in [4.69, 9.17) is 11.6 Å². The summed E-state index contributed by atoms with van der Waals surface area (Å²) in [6.45, 7) is 0. The van der Waals surface area contributed by atoms with Crippen molar-refractivity contribution < 1.29 is 17.6 Å². The zero-order chi connectivity index (χ0) is 12.6. The van der Waals surface area contributed by atoms with Crippen LogP contribution in [0.3, 0.4) is 0 Å². The lowest BCUT2D eigenvalue weighted by Crippen LogP contribution is -1.89. The van der Waals surface area contributed by atoms with Gasteiger partial charge in [0.1, 0.15) is 16.7 Å². The molecule has 5 heteroatoms. The Morgan fingerprint density at radius 3 is 1.71 bits per heavy atom. The van der Waals surface area contributed by atoms with Crippen LogP contribution < -0.4 is 0 Å². The van der Waals surface area contributed by atoms with Crippen molar-refractivity contribution in [1.82, 2.24) is 0 Å². The van der Waals surface area contributed by atoms with Gasteiger partial charge in [0.2, 0.25) is 0 Å². The summed E-state index contributed by atoms with van der Waals surface area (Å²) in [5.74, 6) is -4.01. The minimum absolute atomic E-state index is 0.0864. The molecule has 0 spiro atoms. The van der Waals surface area contributed by atoms with Crippen LogP contribution in [0.4, 0.5) is 17.6 Å². The molecular weight excluding hydrogens is 256 g/mol. The molecule has 0 unspecified atom stereocenters. The third-order valence-corrected chi connectivity index (χ3v) is 2.60. The second-order valence-electron chi connectivity index (χ2n) is 3.38. The lowest BCUT2D eigenvalue weighted by molar-refractivity contribution is 0.509. The largest absolute Gasteiger partial charge is 0.205 e. The van der Waals surface area contributed by atoms with Crippen LogP contribution >= 0.6 is 11.6 Å². The van der Waals surface area contributed by atoms with Gasteiger partial charge in [-0.2, -0.15) is 0 Å². The van der Waals surface area contributed by atoms with Gasteiger partial charge in [0, 0.05) is 0 Å². The summed E-state index contributed by atoms with van der Waals surface area (Å²) in [7, 11) is 0. The number of rotatable bonds is 1. The Morgan fingerprint density at radius 1 is 0.647 bits per heavy atom. The first-order valence-electron chi connectivity index (χ1n) is 4.59. The van der Waals surface area contributed by atoms with E-state index in [0.29, 0.717) is 0 Å². The van der Waals surface area contributed by atoms with Gasteiger partial charge in [-0.15, -0.1) is 0 Å². The maximum absolute atomic E-state index is 13.2. The summed E-state index contributed by atoms with van der Waals surface area (Å²) in [5, 5.41) is -0.628. The summed E-state index contributed by atoms with van der Waals surface area (Å²) in [5.41, 5.74) is 0.252. The molecular formula is C12H5ClF4. The number of hydrogen-bond donors (Lipinski definition) is 0. The van der Waals surface area contributed by atoms with Crippen LogP contribution in [0, 0.1) is 23.3 Å². The fraction of sp³-hybridized carbons (Fsp3) is 0. The van der Waals surface area contributed by atoms with E-state index in [1.807, 2.05) is 0 Å². The summed E-state index contributed by atoms with van der Waals surface area (Å²) in [6.07, 6.45) is 0. The first-order valence-corrected chi connectivity index (χ1v) is 4.97. The standard InChI is InChI=1S/C12H5ClF4/c13-12-10(16)4-7(5-11(12)17)6-1-2-8(14)9(15)3-6/h1-5H. The predicted octanol–water partition coefficient (Wildman–Crippen LogP) is 4.56. The molecule has 0 saturated heterocycles. The van der Waals surface area contributed by atoms with E-state index in [1.54, 1.807) is 0 Å². The van der Waals surface area contributed by atoms with Crippen molar-refractivity contribution in [3.63, 3.8) is 0 Å². The lowest BCUT2D eigenvalue weighted by atomic mass is 10.1. The lowest BCUT2D eigenvalue weighted by Gasteiger charge is -2.04. The topological polar surface area (TPSA) is 0 Å². The molecule has 0 bridgehead atoms. The second-order valence-corrected chi connectivity index (χ2v) is 3.76. The normalized spacial score (nSPS) is 10.6. The number of hydrogen-bond acceptors (Lipinski definition) is 0. The molecule has 0 atom stereocenters. The highest BCUT2D eigenvalue weighted by Gasteiger charge is 2.11. The van der Waals surface area contributed by atoms with Gasteiger partial charge in [-0.05, 0) is 35.4 Å². The fourth-order valence-corrected chi connectivity index (χ4v) is 1.51. The van der Waals surface area contributed by atoms with Crippen LogP contribution in [0.2, 0.25) is 5.02 Å². The Bertz CT molecular complexity index is 558. The van der Waals surface area contributed by atoms with Gasteiger partial charge in [-0.1, -0.05) is 17.7 Å². The van der Waals surface area contributed by atoms with E-state index in [1.165, 1.54) is 6.07 Å². The van der Waals surface area contributed by atoms with E-state index in [9.17, 15) is 17.6 Å². The van der Waals surface area contributed by atoms with Crippen molar-refractivity contribution in [2.45, 2.75) is 0 Å². The van der Waals surface area contributed by atoms with Gasteiger partial charge in [0.05, 0.1) is 0 Å². The van der Waals surface area contributed by atoms with Crippen molar-refractivity contribution in [3.8, 4) is 11.1 Å². The molecule has 17 heavy (non-hydrogen) atoms. The van der Waals surface area contributed by atoms with Crippen molar-refractivity contribution in [1.29, 1.82) is 0 Å². The highest BCUT2D eigenvalue weighted by Crippen LogP contribution is 2.27. The van der Waals surface area contributed by atoms with Gasteiger partial charge >= 0.3 is 0 Å². The average molecular weight is 261 g/mol. The molecule has 0 fully saturated rings. The average Bonchev–Trinajstić information content (AvgIpc) is 2.29. The smallest absolute Gasteiger partial charge is 0.159 e. The molecule has 0 aromatic heterocycles. The van der Waals surface area contributed by atoms with E-state index in [0.717, 1.165) is 24.3 Å². The molecule has 0 amide bonds. The monoisotopic (exact) mass is 260 g/mol. The molecule has 0 aliphatic rings. The second kappa shape index (κ2) is 4.37. The van der Waals surface area contributed by atoms with Crippen molar-refractivity contribution >= 4 is 11.6 Å². The van der Waals surface area contributed by atoms with E-state index < -0.39 is 28.3 Å². The van der Waals surface area contributed by atoms with E-state index in [-0.39, 0.29) is 11.1 Å².